The number of hydrogen-bond acceptors (Lipinski definition) is 3. The van der Waals surface area contributed by atoms with Crippen LogP contribution in [0.4, 0.5) is 0 Å². The second-order valence-electron chi connectivity index (χ2n) is 6.31. The molecule has 1 aromatic carbocycles. The first-order valence-electron chi connectivity index (χ1n) is 8.14. The number of nitrogens with two attached hydrogens (primary N) is 1. The zero-order chi connectivity index (χ0) is 16.4. The Balaban J connectivity index is 1.94. The van der Waals surface area contributed by atoms with Crippen LogP contribution in [0.15, 0.2) is 28.7 Å². The molecule has 2 heterocycles. The summed E-state index contributed by atoms with van der Waals surface area (Å²) in [5, 5.41) is 0.921. The number of amides is 1. The number of fused-ring (bicyclic) bond motifs is 1. The van der Waals surface area contributed by atoms with Gasteiger partial charge in [0.2, 0.25) is 0 Å². The molecule has 2 aromatic rings. The first kappa shape index (κ1) is 16.4. The monoisotopic (exact) mass is 375 g/mol. The minimum absolute atomic E-state index is 0.115. The highest BCUT2D eigenvalue weighted by atomic mass is 79.9. The molecule has 1 aliphatic heterocycles. The zero-order valence-electron chi connectivity index (χ0n) is 13.4. The number of likely N-dealkylation sites (tertiary alicyclic amines) is 1. The molecule has 5 heteroatoms. The maximum atomic E-state index is 13.1. The van der Waals surface area contributed by atoms with Crippen LogP contribution >= 0.6 is 15.9 Å². The third-order valence-corrected chi connectivity index (χ3v) is 5.00. The van der Waals surface area contributed by atoms with Crippen LogP contribution in [0.1, 0.15) is 35.3 Å². The van der Waals surface area contributed by atoms with Gasteiger partial charge < -0.3 is 10.6 Å². The molecular formula is C18H22BrN3O. The van der Waals surface area contributed by atoms with Crippen LogP contribution in [0.3, 0.4) is 0 Å². The predicted molar refractivity (Wildman–Crippen MR) is 96.5 cm³/mol. The molecule has 1 atom stereocenters. The molecule has 23 heavy (non-hydrogen) atoms. The SMILES string of the molecule is Cc1cc(C(=O)N2CCCC(CCN)C2)c2ccc(Br)cc2n1. The van der Waals surface area contributed by atoms with Crippen LogP contribution < -0.4 is 5.73 Å². The van der Waals surface area contributed by atoms with E-state index in [4.69, 9.17) is 5.73 Å². The Bertz CT molecular complexity index is 724. The normalized spacial score (nSPS) is 18.4. The molecule has 0 saturated carbocycles. The van der Waals surface area contributed by atoms with Crippen molar-refractivity contribution in [2.75, 3.05) is 19.6 Å². The second-order valence-corrected chi connectivity index (χ2v) is 7.23. The number of halogens is 1. The molecular weight excluding hydrogens is 354 g/mol. The lowest BCUT2D eigenvalue weighted by atomic mass is 9.94. The Morgan fingerprint density at radius 1 is 1.43 bits per heavy atom. The number of aromatic nitrogens is 1. The summed E-state index contributed by atoms with van der Waals surface area (Å²) in [4.78, 5) is 19.6. The van der Waals surface area contributed by atoms with Gasteiger partial charge in [-0.2, -0.15) is 0 Å². The Morgan fingerprint density at radius 3 is 3.04 bits per heavy atom. The molecule has 1 aromatic heterocycles. The fourth-order valence-corrected chi connectivity index (χ4v) is 3.75. The van der Waals surface area contributed by atoms with Gasteiger partial charge in [-0.15, -0.1) is 0 Å². The highest BCUT2D eigenvalue weighted by Crippen LogP contribution is 2.26. The quantitative estimate of drug-likeness (QED) is 0.892. The predicted octanol–water partition coefficient (Wildman–Crippen LogP) is 3.51. The number of hydrogen-bond donors (Lipinski definition) is 1. The molecule has 0 bridgehead atoms. The molecule has 1 fully saturated rings. The number of nitrogens with zero attached hydrogens (tertiary/aromatic N) is 2. The van der Waals surface area contributed by atoms with Gasteiger partial charge in [0.1, 0.15) is 0 Å². The van der Waals surface area contributed by atoms with Crippen molar-refractivity contribution in [2.24, 2.45) is 11.7 Å². The third kappa shape index (κ3) is 3.56. The van der Waals surface area contributed by atoms with Crippen molar-refractivity contribution in [1.29, 1.82) is 0 Å². The summed E-state index contributed by atoms with van der Waals surface area (Å²) >= 11 is 3.47. The van der Waals surface area contributed by atoms with Gasteiger partial charge in [0.25, 0.3) is 5.91 Å². The molecule has 1 unspecified atom stereocenters. The van der Waals surface area contributed by atoms with E-state index in [1.807, 2.05) is 36.1 Å². The van der Waals surface area contributed by atoms with Gasteiger partial charge in [-0.1, -0.05) is 22.0 Å². The van der Waals surface area contributed by atoms with Crippen LogP contribution in [0.25, 0.3) is 10.9 Å². The van der Waals surface area contributed by atoms with Gasteiger partial charge in [-0.3, -0.25) is 9.78 Å². The largest absolute Gasteiger partial charge is 0.338 e. The summed E-state index contributed by atoms with van der Waals surface area (Å²) in [6.07, 6.45) is 3.22. The molecule has 1 amide bonds. The Morgan fingerprint density at radius 2 is 2.26 bits per heavy atom. The van der Waals surface area contributed by atoms with Crippen LogP contribution in [0, 0.1) is 12.8 Å². The maximum Gasteiger partial charge on any atom is 0.254 e. The van der Waals surface area contributed by atoms with Crippen LogP contribution in [-0.4, -0.2) is 35.4 Å². The molecule has 2 N–H and O–H groups in total. The van der Waals surface area contributed by atoms with Crippen molar-refractivity contribution >= 4 is 32.7 Å². The lowest BCUT2D eigenvalue weighted by Gasteiger charge is -2.33. The molecule has 122 valence electrons. The topological polar surface area (TPSA) is 59.2 Å². The van der Waals surface area contributed by atoms with Gasteiger partial charge >= 0.3 is 0 Å². The lowest BCUT2D eigenvalue weighted by molar-refractivity contribution is 0.0671. The van der Waals surface area contributed by atoms with E-state index in [0.717, 1.165) is 52.6 Å². The van der Waals surface area contributed by atoms with E-state index in [9.17, 15) is 4.79 Å². The first-order chi connectivity index (χ1) is 11.1. The molecule has 3 rings (SSSR count). The van der Waals surface area contributed by atoms with E-state index in [1.165, 1.54) is 6.42 Å². The van der Waals surface area contributed by atoms with E-state index in [1.54, 1.807) is 0 Å². The van der Waals surface area contributed by atoms with Gasteiger partial charge in [-0.25, -0.2) is 0 Å². The summed E-state index contributed by atoms with van der Waals surface area (Å²) in [6.45, 7) is 4.28. The van der Waals surface area contributed by atoms with Crippen LogP contribution in [0.2, 0.25) is 0 Å². The van der Waals surface area contributed by atoms with Gasteiger partial charge in [0.05, 0.1) is 11.1 Å². The molecule has 0 spiro atoms. The van der Waals surface area contributed by atoms with Crippen molar-refractivity contribution < 1.29 is 4.79 Å². The molecule has 0 radical (unpaired) electrons. The second kappa shape index (κ2) is 6.97. The Kier molecular flexibility index (Phi) is 4.97. The zero-order valence-corrected chi connectivity index (χ0v) is 15.0. The average Bonchev–Trinajstić information content (AvgIpc) is 2.53. The third-order valence-electron chi connectivity index (χ3n) is 4.51. The van der Waals surface area contributed by atoms with Crippen molar-refractivity contribution in [3.8, 4) is 0 Å². The average molecular weight is 376 g/mol. The minimum Gasteiger partial charge on any atom is -0.338 e. The fourth-order valence-electron chi connectivity index (χ4n) is 3.40. The van der Waals surface area contributed by atoms with E-state index in [2.05, 4.69) is 20.9 Å². The van der Waals surface area contributed by atoms with E-state index < -0.39 is 0 Å². The number of pyridine rings is 1. The lowest BCUT2D eigenvalue weighted by Crippen LogP contribution is -2.40. The smallest absolute Gasteiger partial charge is 0.254 e. The van der Waals surface area contributed by atoms with Crippen LogP contribution in [0.5, 0.6) is 0 Å². The highest BCUT2D eigenvalue weighted by Gasteiger charge is 2.25. The molecule has 0 aliphatic carbocycles. The summed E-state index contributed by atoms with van der Waals surface area (Å²) < 4.78 is 0.975. The molecule has 1 aliphatic rings. The number of carbonyl (C=O) groups is 1. The molecule has 4 nitrogen and oxygen atoms in total. The van der Waals surface area contributed by atoms with E-state index >= 15 is 0 Å². The van der Waals surface area contributed by atoms with Gasteiger partial charge in [0.15, 0.2) is 0 Å². The van der Waals surface area contributed by atoms with E-state index in [-0.39, 0.29) is 5.91 Å². The summed E-state index contributed by atoms with van der Waals surface area (Å²) in [6, 6.07) is 7.81. The van der Waals surface area contributed by atoms with Crippen molar-refractivity contribution in [1.82, 2.24) is 9.88 Å². The number of piperidine rings is 1. The summed E-state index contributed by atoms with van der Waals surface area (Å²) in [5.74, 6) is 0.644. The first-order valence-corrected chi connectivity index (χ1v) is 8.94. The van der Waals surface area contributed by atoms with Crippen molar-refractivity contribution in [3.63, 3.8) is 0 Å². The van der Waals surface area contributed by atoms with Crippen molar-refractivity contribution in [2.45, 2.75) is 26.2 Å². The van der Waals surface area contributed by atoms with Gasteiger partial charge in [0, 0.05) is 28.6 Å². The molecule has 1 saturated heterocycles. The highest BCUT2D eigenvalue weighted by molar-refractivity contribution is 9.10. The fraction of sp³-hybridized carbons (Fsp3) is 0.444. The number of aryl methyl sites for hydroxylation is 1. The number of benzene rings is 1. The number of carbonyl (C=O) groups excluding carboxylic acids is 1. The van der Waals surface area contributed by atoms with E-state index in [0.29, 0.717) is 12.5 Å². The Hall–Kier alpha value is -1.46. The Labute approximate surface area is 145 Å². The van der Waals surface area contributed by atoms with Crippen LogP contribution in [-0.2, 0) is 0 Å². The summed E-state index contributed by atoms with van der Waals surface area (Å²) in [7, 11) is 0. The summed E-state index contributed by atoms with van der Waals surface area (Å²) in [5.41, 5.74) is 8.17. The number of rotatable bonds is 3. The standard InChI is InChI=1S/C18H22BrN3O/c1-12-9-16(15-5-4-14(19)10-17(15)21-12)18(23)22-8-2-3-13(11-22)6-7-20/h4-5,9-10,13H,2-3,6-8,11,20H2,1H3. The van der Waals surface area contributed by atoms with Gasteiger partial charge in [-0.05, 0) is 56.8 Å². The minimum atomic E-state index is 0.115. The van der Waals surface area contributed by atoms with Crippen molar-refractivity contribution in [3.05, 3.63) is 40.0 Å². The maximum absolute atomic E-state index is 13.1.